The van der Waals surface area contributed by atoms with E-state index in [0.29, 0.717) is 12.1 Å². The molecule has 2 bridgehead atoms. The average Bonchev–Trinajstić information content (AvgIpc) is 2.79. The number of nitrogens with one attached hydrogen (secondary N) is 1. The number of benzene rings is 1. The molecular formula is C19H23BrN2O2. The van der Waals surface area contributed by atoms with E-state index in [1.165, 1.54) is 18.4 Å². The van der Waals surface area contributed by atoms with Gasteiger partial charge in [-0.05, 0) is 63.8 Å². The Balaban J connectivity index is 1.93. The van der Waals surface area contributed by atoms with Crippen LogP contribution in [0.3, 0.4) is 0 Å². The number of carbonyl (C=O) groups is 1. The minimum absolute atomic E-state index is 0.268. The molecule has 1 fully saturated rings. The van der Waals surface area contributed by atoms with E-state index in [4.69, 9.17) is 4.74 Å². The molecule has 1 saturated heterocycles. The molecular weight excluding hydrogens is 368 g/mol. The Bertz CT molecular complexity index is 819. The van der Waals surface area contributed by atoms with E-state index in [1.807, 2.05) is 37.5 Å². The summed E-state index contributed by atoms with van der Waals surface area (Å²) in [5, 5.41) is 4.90. The van der Waals surface area contributed by atoms with Crippen molar-refractivity contribution >= 4 is 32.9 Å². The van der Waals surface area contributed by atoms with Crippen molar-refractivity contribution in [2.75, 3.05) is 0 Å². The minimum atomic E-state index is -0.501. The first-order chi connectivity index (χ1) is 11.3. The van der Waals surface area contributed by atoms with Gasteiger partial charge in [-0.1, -0.05) is 15.9 Å². The molecule has 2 unspecified atom stereocenters. The van der Waals surface area contributed by atoms with E-state index in [2.05, 4.69) is 27.3 Å². The number of ether oxygens (including phenoxy) is 1. The monoisotopic (exact) mass is 390 g/mol. The van der Waals surface area contributed by atoms with Gasteiger partial charge < -0.3 is 10.1 Å². The summed E-state index contributed by atoms with van der Waals surface area (Å²) in [5.41, 5.74) is 2.87. The lowest BCUT2D eigenvalue weighted by atomic mass is 9.84. The highest BCUT2D eigenvalue weighted by atomic mass is 79.9. The standard InChI is InChI=1S/C19H23BrN2O2/c1-19(2,3)24-18(23)22-15-8-7-11(20)9-13(15)17-14-6-4-5-12(21-14)10-16(17)22/h7-9,12,14,21H,4-6,10H2,1-3H3. The Morgan fingerprint density at radius 3 is 2.88 bits per heavy atom. The normalized spacial score (nSPS) is 23.2. The van der Waals surface area contributed by atoms with Gasteiger partial charge in [-0.25, -0.2) is 9.36 Å². The summed E-state index contributed by atoms with van der Waals surface area (Å²) in [7, 11) is 0. The largest absolute Gasteiger partial charge is 0.443 e. The van der Waals surface area contributed by atoms with Crippen molar-refractivity contribution in [3.63, 3.8) is 0 Å². The molecule has 5 heteroatoms. The van der Waals surface area contributed by atoms with Gasteiger partial charge >= 0.3 is 6.09 Å². The predicted molar refractivity (Wildman–Crippen MR) is 98.5 cm³/mol. The molecule has 128 valence electrons. The third-order valence-electron chi connectivity index (χ3n) is 4.92. The molecule has 1 N–H and O–H groups in total. The molecule has 0 saturated carbocycles. The van der Waals surface area contributed by atoms with Gasteiger partial charge in [-0.2, -0.15) is 0 Å². The van der Waals surface area contributed by atoms with Crippen molar-refractivity contribution in [2.45, 2.75) is 64.1 Å². The number of piperidine rings is 1. The van der Waals surface area contributed by atoms with Gasteiger partial charge in [0, 0.05) is 34.1 Å². The Labute approximate surface area is 150 Å². The predicted octanol–water partition coefficient (Wildman–Crippen LogP) is 4.93. The molecule has 1 aromatic carbocycles. The Morgan fingerprint density at radius 2 is 2.12 bits per heavy atom. The van der Waals surface area contributed by atoms with Crippen molar-refractivity contribution in [1.29, 1.82) is 0 Å². The molecule has 2 aliphatic rings. The molecule has 0 spiro atoms. The number of nitrogens with zero attached hydrogens (tertiary/aromatic N) is 1. The Kier molecular flexibility index (Phi) is 3.77. The zero-order valence-electron chi connectivity index (χ0n) is 14.4. The van der Waals surface area contributed by atoms with Crippen LogP contribution in [-0.2, 0) is 11.2 Å². The van der Waals surface area contributed by atoms with Crippen LogP contribution in [0.15, 0.2) is 22.7 Å². The SMILES string of the molecule is CC(C)(C)OC(=O)n1c2c(c3cc(Br)ccc31)C1CCCC(C2)N1. The van der Waals surface area contributed by atoms with Gasteiger partial charge in [0.15, 0.2) is 0 Å². The van der Waals surface area contributed by atoms with E-state index >= 15 is 0 Å². The molecule has 2 aliphatic heterocycles. The summed E-state index contributed by atoms with van der Waals surface area (Å²) in [6.45, 7) is 5.74. The highest BCUT2D eigenvalue weighted by Gasteiger charge is 2.36. The van der Waals surface area contributed by atoms with E-state index in [0.717, 1.165) is 33.9 Å². The van der Waals surface area contributed by atoms with Crippen LogP contribution in [0.5, 0.6) is 0 Å². The van der Waals surface area contributed by atoms with Gasteiger partial charge in [0.2, 0.25) is 0 Å². The highest BCUT2D eigenvalue weighted by molar-refractivity contribution is 9.10. The van der Waals surface area contributed by atoms with Crippen LogP contribution >= 0.6 is 15.9 Å². The van der Waals surface area contributed by atoms with Crippen LogP contribution in [-0.4, -0.2) is 22.3 Å². The summed E-state index contributed by atoms with van der Waals surface area (Å²) in [6.07, 6.45) is 4.17. The van der Waals surface area contributed by atoms with Crippen LogP contribution in [0, 0.1) is 0 Å². The third kappa shape index (κ3) is 2.68. The van der Waals surface area contributed by atoms with Crippen LogP contribution in [0.4, 0.5) is 4.79 Å². The second kappa shape index (κ2) is 5.60. The molecule has 0 aliphatic carbocycles. The van der Waals surface area contributed by atoms with Gasteiger partial charge in [-0.3, -0.25) is 0 Å². The van der Waals surface area contributed by atoms with Crippen molar-refractivity contribution < 1.29 is 9.53 Å². The maximum absolute atomic E-state index is 12.9. The topological polar surface area (TPSA) is 43.3 Å². The molecule has 2 atom stereocenters. The highest BCUT2D eigenvalue weighted by Crippen LogP contribution is 2.41. The van der Waals surface area contributed by atoms with Gasteiger partial charge in [-0.15, -0.1) is 0 Å². The van der Waals surface area contributed by atoms with Crippen molar-refractivity contribution in [3.8, 4) is 0 Å². The number of hydrogen-bond acceptors (Lipinski definition) is 3. The van der Waals surface area contributed by atoms with E-state index in [9.17, 15) is 4.79 Å². The smallest absolute Gasteiger partial charge is 0.419 e. The molecule has 0 amide bonds. The lowest BCUT2D eigenvalue weighted by molar-refractivity contribution is 0.0537. The van der Waals surface area contributed by atoms with Crippen molar-refractivity contribution in [3.05, 3.63) is 33.9 Å². The minimum Gasteiger partial charge on any atom is -0.443 e. The number of rotatable bonds is 0. The second-order valence-electron chi connectivity index (χ2n) is 7.89. The van der Waals surface area contributed by atoms with Crippen LogP contribution < -0.4 is 5.32 Å². The van der Waals surface area contributed by atoms with Crippen molar-refractivity contribution in [1.82, 2.24) is 9.88 Å². The lowest BCUT2D eigenvalue weighted by Gasteiger charge is -2.36. The Hall–Kier alpha value is -1.33. The van der Waals surface area contributed by atoms with E-state index in [-0.39, 0.29) is 6.09 Å². The first kappa shape index (κ1) is 16.2. The number of hydrogen-bond donors (Lipinski definition) is 1. The maximum atomic E-state index is 12.9. The van der Waals surface area contributed by atoms with E-state index in [1.54, 1.807) is 0 Å². The maximum Gasteiger partial charge on any atom is 0.419 e. The Morgan fingerprint density at radius 1 is 1.33 bits per heavy atom. The van der Waals surface area contributed by atoms with Gasteiger partial charge in [0.25, 0.3) is 0 Å². The fourth-order valence-electron chi connectivity index (χ4n) is 4.09. The third-order valence-corrected chi connectivity index (χ3v) is 5.41. The number of halogens is 1. The average molecular weight is 391 g/mol. The van der Waals surface area contributed by atoms with E-state index < -0.39 is 5.60 Å². The number of fused-ring (bicyclic) bond motifs is 6. The number of aromatic nitrogens is 1. The molecule has 1 aromatic heterocycles. The molecule has 3 heterocycles. The fraction of sp³-hybridized carbons (Fsp3) is 0.526. The summed E-state index contributed by atoms with van der Waals surface area (Å²) in [4.78, 5) is 12.9. The molecule has 24 heavy (non-hydrogen) atoms. The second-order valence-corrected chi connectivity index (χ2v) is 8.80. The summed E-state index contributed by atoms with van der Waals surface area (Å²) in [5.74, 6) is 0. The summed E-state index contributed by atoms with van der Waals surface area (Å²) >= 11 is 3.58. The fourth-order valence-corrected chi connectivity index (χ4v) is 4.45. The molecule has 0 radical (unpaired) electrons. The number of carbonyl (C=O) groups excluding carboxylic acids is 1. The zero-order chi connectivity index (χ0) is 17.1. The quantitative estimate of drug-likeness (QED) is 0.693. The van der Waals surface area contributed by atoms with Crippen molar-refractivity contribution in [2.24, 2.45) is 0 Å². The molecule has 4 nitrogen and oxygen atoms in total. The van der Waals surface area contributed by atoms with Crippen LogP contribution in [0.25, 0.3) is 10.9 Å². The van der Waals surface area contributed by atoms with Crippen LogP contribution in [0.1, 0.15) is 57.3 Å². The first-order valence-corrected chi connectivity index (χ1v) is 9.45. The zero-order valence-corrected chi connectivity index (χ0v) is 15.9. The van der Waals surface area contributed by atoms with Gasteiger partial charge in [0.05, 0.1) is 5.52 Å². The van der Waals surface area contributed by atoms with Crippen LogP contribution in [0.2, 0.25) is 0 Å². The summed E-state index contributed by atoms with van der Waals surface area (Å²) < 4.78 is 8.55. The first-order valence-electron chi connectivity index (χ1n) is 8.65. The summed E-state index contributed by atoms with van der Waals surface area (Å²) in [6, 6.07) is 6.95. The molecule has 2 aromatic rings. The lowest BCUT2D eigenvalue weighted by Crippen LogP contribution is -2.43. The molecule has 4 rings (SSSR count). The van der Waals surface area contributed by atoms with Gasteiger partial charge in [0.1, 0.15) is 5.60 Å².